The molecule has 1 aliphatic heterocycles. The first-order valence-electron chi connectivity index (χ1n) is 21.7. The number of rotatable bonds is 33. The molecule has 0 saturated carbocycles. The fourth-order valence-corrected chi connectivity index (χ4v) is 10.3. The number of aliphatic hydroxyl groups is 3. The Labute approximate surface area is 387 Å². The van der Waals surface area contributed by atoms with Crippen molar-refractivity contribution < 1.29 is 85.6 Å². The number of aromatic nitrogens is 4. The third-order valence-corrected chi connectivity index (χ3v) is 14.3. The first kappa shape index (κ1) is 57.8. The quantitative estimate of drug-likeness (QED) is 0.0362. The van der Waals surface area contributed by atoms with E-state index in [1.807, 2.05) is 0 Å². The molecular formula is C37H66N7O18P3S. The second-order valence-corrected chi connectivity index (χ2v) is 21.9. The molecule has 0 aliphatic carbocycles. The fraction of sp³-hybridized carbons (Fsp3) is 0.784. The van der Waals surface area contributed by atoms with Crippen molar-refractivity contribution in [3.63, 3.8) is 0 Å². The molecule has 66 heavy (non-hydrogen) atoms. The van der Waals surface area contributed by atoms with Crippen molar-refractivity contribution in [1.82, 2.24) is 30.2 Å². The van der Waals surface area contributed by atoms with Gasteiger partial charge in [-0.05, 0) is 6.42 Å². The number of carbonyl (C=O) groups excluding carboxylic acids is 3. The number of nitrogen functional groups attached to an aromatic ring is 1. The Bertz CT molecular complexity index is 2000. The van der Waals surface area contributed by atoms with Crippen molar-refractivity contribution >= 4 is 69.1 Å². The van der Waals surface area contributed by atoms with Crippen LogP contribution in [0, 0.1) is 5.41 Å². The maximum Gasteiger partial charge on any atom is 0.481 e. The number of nitrogens with two attached hydrogens (primary N) is 1. The van der Waals surface area contributed by atoms with Crippen molar-refractivity contribution in [3.05, 3.63) is 12.7 Å². The number of phosphoric ester groups is 3. The second-order valence-electron chi connectivity index (χ2n) is 16.5. The molecule has 11 N–H and O–H groups in total. The molecule has 0 radical (unpaired) electrons. The van der Waals surface area contributed by atoms with Gasteiger partial charge in [-0.3, -0.25) is 32.5 Å². The summed E-state index contributed by atoms with van der Waals surface area (Å²) in [6.45, 7) is 2.61. The van der Waals surface area contributed by atoms with Crippen LogP contribution >= 0.6 is 35.2 Å². The van der Waals surface area contributed by atoms with Gasteiger partial charge in [0.2, 0.25) is 11.8 Å². The van der Waals surface area contributed by atoms with E-state index in [-0.39, 0.29) is 53.8 Å². The highest BCUT2D eigenvalue weighted by atomic mass is 32.2. The minimum absolute atomic E-state index is 0.0260. The van der Waals surface area contributed by atoms with Crippen LogP contribution in [0.3, 0.4) is 0 Å². The zero-order chi connectivity index (χ0) is 49.1. The highest BCUT2D eigenvalue weighted by Gasteiger charge is 2.50. The van der Waals surface area contributed by atoms with Crippen LogP contribution in [-0.4, -0.2) is 134 Å². The van der Waals surface area contributed by atoms with Crippen LogP contribution in [0.2, 0.25) is 0 Å². The van der Waals surface area contributed by atoms with Gasteiger partial charge in [0, 0.05) is 37.1 Å². The lowest BCUT2D eigenvalue weighted by atomic mass is 9.87. The summed E-state index contributed by atoms with van der Waals surface area (Å²) >= 11 is 0.998. The topological polar surface area (TPSA) is 384 Å². The lowest BCUT2D eigenvalue weighted by Crippen LogP contribution is -2.46. The molecule has 2 amide bonds. The van der Waals surface area contributed by atoms with Gasteiger partial charge in [0.25, 0.3) is 0 Å². The largest absolute Gasteiger partial charge is 0.481 e. The highest BCUT2D eigenvalue weighted by molar-refractivity contribution is 8.13. The van der Waals surface area contributed by atoms with Gasteiger partial charge in [-0.15, -0.1) is 0 Å². The molecule has 378 valence electrons. The zero-order valence-electron chi connectivity index (χ0n) is 37.3. The van der Waals surface area contributed by atoms with Gasteiger partial charge in [0.05, 0.1) is 25.6 Å². The van der Waals surface area contributed by atoms with E-state index in [0.717, 1.165) is 48.2 Å². The summed E-state index contributed by atoms with van der Waals surface area (Å²) in [6.07, 6.45) is 6.04. The van der Waals surface area contributed by atoms with Crippen LogP contribution in [0.1, 0.15) is 117 Å². The average Bonchev–Trinajstić information content (AvgIpc) is 3.79. The molecule has 0 spiro atoms. The van der Waals surface area contributed by atoms with Crippen molar-refractivity contribution in [2.45, 2.75) is 147 Å². The maximum atomic E-state index is 12.7. The van der Waals surface area contributed by atoms with Gasteiger partial charge in [-0.2, -0.15) is 4.31 Å². The number of anilines is 1. The minimum Gasteiger partial charge on any atom is -0.393 e. The van der Waals surface area contributed by atoms with Crippen LogP contribution in [0.25, 0.3) is 11.2 Å². The summed E-state index contributed by atoms with van der Waals surface area (Å²) in [5.41, 5.74) is 4.25. The molecule has 3 unspecified atom stereocenters. The number of ether oxygens (including phenoxy) is 1. The molecule has 0 bridgehead atoms. The standard InChI is InChI=1S/C37H66N7O18P3S/c1-4-5-6-7-8-9-10-11-12-13-14-15-25(45)20-28(47)66-19-18-39-27(46)16-17-40-35(50)32(49)37(2,3)22-59-65(56,57)62-64(54,55)58-21-26-31(61-63(51,52)53)30(48)36(60-26)44-24-43-29-33(38)41-23-42-34(29)44/h23-26,30-32,36,45,48-49H,4-22H2,1-3H3,(H,39,46)(H,40,50)(H,54,55)(H,56,57)(H2,38,41,42)(H2,51,52,53)/t25-,26+,30+,31+,32?,36+/m0/s1. The third kappa shape index (κ3) is 20.6. The van der Waals surface area contributed by atoms with Crippen molar-refractivity contribution in [3.8, 4) is 0 Å². The number of phosphoric acid groups is 3. The Balaban J connectivity index is 1.33. The van der Waals surface area contributed by atoms with Gasteiger partial charge >= 0.3 is 23.5 Å². The van der Waals surface area contributed by atoms with E-state index < -0.39 is 90.7 Å². The van der Waals surface area contributed by atoms with E-state index >= 15 is 0 Å². The average molecular weight is 1020 g/mol. The van der Waals surface area contributed by atoms with E-state index in [4.69, 9.17) is 19.5 Å². The van der Waals surface area contributed by atoms with Crippen molar-refractivity contribution in [1.29, 1.82) is 0 Å². The normalized spacial score (nSPS) is 20.7. The number of imidazole rings is 1. The van der Waals surface area contributed by atoms with E-state index in [2.05, 4.69) is 41.3 Å². The molecule has 8 atom stereocenters. The first-order chi connectivity index (χ1) is 30.9. The number of hydrogen-bond donors (Lipinski definition) is 10. The lowest BCUT2D eigenvalue weighted by molar-refractivity contribution is -0.137. The number of thioether (sulfide) groups is 1. The fourth-order valence-electron chi connectivity index (χ4n) is 6.69. The van der Waals surface area contributed by atoms with E-state index in [1.165, 1.54) is 65.2 Å². The first-order valence-corrected chi connectivity index (χ1v) is 27.2. The Hall–Kier alpha value is -2.48. The van der Waals surface area contributed by atoms with E-state index in [1.54, 1.807) is 0 Å². The summed E-state index contributed by atoms with van der Waals surface area (Å²) in [6, 6.07) is 0. The van der Waals surface area contributed by atoms with Crippen molar-refractivity contribution in [2.24, 2.45) is 5.41 Å². The number of nitrogens with zero attached hydrogens (tertiary/aromatic N) is 4. The number of amides is 2. The second kappa shape index (κ2) is 27.6. The van der Waals surface area contributed by atoms with Gasteiger partial charge in [-0.25, -0.2) is 28.6 Å². The molecule has 1 fully saturated rings. The van der Waals surface area contributed by atoms with E-state index in [9.17, 15) is 63.0 Å². The lowest BCUT2D eigenvalue weighted by Gasteiger charge is -2.30. The van der Waals surface area contributed by atoms with Crippen molar-refractivity contribution in [2.75, 3.05) is 37.8 Å². The molecule has 1 saturated heterocycles. The number of carbonyl (C=O) groups is 3. The highest BCUT2D eigenvalue weighted by Crippen LogP contribution is 2.61. The zero-order valence-corrected chi connectivity index (χ0v) is 40.8. The summed E-state index contributed by atoms with van der Waals surface area (Å²) in [5, 5.41) is 36.6. The monoisotopic (exact) mass is 1020 g/mol. The predicted molar refractivity (Wildman–Crippen MR) is 239 cm³/mol. The molecule has 3 heterocycles. The van der Waals surface area contributed by atoms with Crippen LogP contribution < -0.4 is 16.4 Å². The smallest absolute Gasteiger partial charge is 0.393 e. The summed E-state index contributed by atoms with van der Waals surface area (Å²) in [7, 11) is -16.4. The molecular weight excluding hydrogens is 955 g/mol. The SMILES string of the molecule is CCCCCCCCCCCCC[C@H](O)CC(=O)SCCNC(=O)CCNC(=O)C(O)C(C)(C)COP(=O)(O)OP(=O)(O)OC[C@H]1O[C@@H](n2cnc3c(N)ncnc32)[C@H](O)[C@@H]1OP(=O)(O)O. The Morgan fingerprint density at radius 3 is 2.17 bits per heavy atom. The molecule has 3 rings (SSSR count). The van der Waals surface area contributed by atoms with Gasteiger partial charge in [0.1, 0.15) is 36.3 Å². The van der Waals surface area contributed by atoms with Crippen LogP contribution in [0.5, 0.6) is 0 Å². The number of hydrogen-bond acceptors (Lipinski definition) is 19. The van der Waals surface area contributed by atoms with Gasteiger partial charge < -0.3 is 56.0 Å². The Morgan fingerprint density at radius 2 is 1.53 bits per heavy atom. The maximum absolute atomic E-state index is 12.7. The third-order valence-electron chi connectivity index (χ3n) is 10.3. The molecule has 1 aliphatic rings. The summed E-state index contributed by atoms with van der Waals surface area (Å²) < 4.78 is 62.4. The molecule has 25 nitrogen and oxygen atoms in total. The number of aliphatic hydroxyl groups excluding tert-OH is 3. The predicted octanol–water partition coefficient (Wildman–Crippen LogP) is 3.12. The molecule has 0 aromatic carbocycles. The van der Waals surface area contributed by atoms with E-state index in [0.29, 0.717) is 6.42 Å². The van der Waals surface area contributed by atoms with Crippen LogP contribution in [0.4, 0.5) is 5.82 Å². The number of fused-ring (bicyclic) bond motifs is 1. The van der Waals surface area contributed by atoms with Crippen LogP contribution in [0.15, 0.2) is 12.7 Å². The van der Waals surface area contributed by atoms with Crippen LogP contribution in [-0.2, 0) is 50.7 Å². The Kier molecular flexibility index (Phi) is 24.2. The molecule has 2 aromatic rings. The number of nitrogens with one attached hydrogen (secondary N) is 2. The molecule has 2 aromatic heterocycles. The van der Waals surface area contributed by atoms with Gasteiger partial charge in [-0.1, -0.05) is 103 Å². The number of unbranched alkanes of at least 4 members (excludes halogenated alkanes) is 10. The Morgan fingerprint density at radius 1 is 0.909 bits per heavy atom. The minimum atomic E-state index is -5.58. The summed E-state index contributed by atoms with van der Waals surface area (Å²) in [4.78, 5) is 88.3. The van der Waals surface area contributed by atoms with Gasteiger partial charge in [0.15, 0.2) is 22.8 Å². The summed E-state index contributed by atoms with van der Waals surface area (Å²) in [5.74, 6) is -1.22. The molecule has 29 heteroatoms.